The van der Waals surface area contributed by atoms with Gasteiger partial charge in [-0.1, -0.05) is 27.5 Å². The van der Waals surface area contributed by atoms with Crippen molar-refractivity contribution in [3.8, 4) is 5.75 Å². The molecule has 0 saturated heterocycles. The van der Waals surface area contributed by atoms with Crippen molar-refractivity contribution in [2.75, 3.05) is 12.4 Å². The molecule has 120 valence electrons. The molecule has 1 amide bonds. The number of anilines is 1. The fourth-order valence-electron chi connectivity index (χ4n) is 1.99. The van der Waals surface area contributed by atoms with E-state index in [1.165, 1.54) is 19.2 Å². The molecule has 0 fully saturated rings. The first-order chi connectivity index (χ1) is 10.8. The summed E-state index contributed by atoms with van der Waals surface area (Å²) in [4.78, 5) is 22.7. The number of carbonyl (C=O) groups is 1. The minimum atomic E-state index is -0.571. The summed E-state index contributed by atoms with van der Waals surface area (Å²) in [6.45, 7) is 1.65. The molecule has 0 aliphatic rings. The van der Waals surface area contributed by atoms with Gasteiger partial charge in [-0.2, -0.15) is 0 Å². The average Bonchev–Trinajstić information content (AvgIpc) is 2.50. The number of hydrogen-bond donors (Lipinski definition) is 1. The summed E-state index contributed by atoms with van der Waals surface area (Å²) < 4.78 is 5.89. The van der Waals surface area contributed by atoms with Crippen molar-refractivity contribution in [1.82, 2.24) is 0 Å². The Bertz CT molecular complexity index is 795. The summed E-state index contributed by atoms with van der Waals surface area (Å²) in [5.74, 6) is 0.00697. The molecule has 0 aliphatic carbocycles. The summed E-state index contributed by atoms with van der Waals surface area (Å²) in [7, 11) is 1.47. The number of methoxy groups -OCH3 is 1. The molecular formula is C15H12BrClN2O4. The van der Waals surface area contributed by atoms with Crippen molar-refractivity contribution < 1.29 is 14.5 Å². The second-order valence-corrected chi connectivity index (χ2v) is 6.00. The Morgan fingerprint density at radius 3 is 2.65 bits per heavy atom. The van der Waals surface area contributed by atoms with Crippen LogP contribution < -0.4 is 10.1 Å². The molecule has 0 saturated carbocycles. The molecule has 0 bridgehead atoms. The Kier molecular flexibility index (Phi) is 5.23. The maximum Gasteiger partial charge on any atom is 0.288 e. The summed E-state index contributed by atoms with van der Waals surface area (Å²) in [6, 6.07) is 7.71. The average molecular weight is 400 g/mol. The number of aryl methyl sites for hydroxylation is 1. The maximum absolute atomic E-state index is 12.4. The van der Waals surface area contributed by atoms with Gasteiger partial charge in [0.1, 0.15) is 10.8 Å². The van der Waals surface area contributed by atoms with Crippen LogP contribution >= 0.6 is 27.5 Å². The molecule has 6 nitrogen and oxygen atoms in total. The van der Waals surface area contributed by atoms with Crippen molar-refractivity contribution in [2.45, 2.75) is 6.92 Å². The van der Waals surface area contributed by atoms with Crippen LogP contribution in [0.3, 0.4) is 0 Å². The van der Waals surface area contributed by atoms with Gasteiger partial charge in [0.05, 0.1) is 17.6 Å². The monoisotopic (exact) mass is 398 g/mol. The van der Waals surface area contributed by atoms with E-state index in [2.05, 4.69) is 21.2 Å². The fraction of sp³-hybridized carbons (Fsp3) is 0.133. The maximum atomic E-state index is 12.4. The second-order valence-electron chi connectivity index (χ2n) is 4.67. The molecule has 2 aromatic rings. The van der Waals surface area contributed by atoms with Crippen LogP contribution in [0.5, 0.6) is 5.75 Å². The van der Waals surface area contributed by atoms with E-state index >= 15 is 0 Å². The molecular weight excluding hydrogens is 388 g/mol. The van der Waals surface area contributed by atoms with E-state index in [0.717, 1.165) is 4.47 Å². The van der Waals surface area contributed by atoms with Crippen LogP contribution in [0.15, 0.2) is 34.8 Å². The lowest BCUT2D eigenvalue weighted by Crippen LogP contribution is -2.14. The van der Waals surface area contributed by atoms with Gasteiger partial charge in [0, 0.05) is 16.2 Å². The second kappa shape index (κ2) is 6.97. The van der Waals surface area contributed by atoms with E-state index in [-0.39, 0.29) is 10.7 Å². The first-order valence-electron chi connectivity index (χ1n) is 6.43. The van der Waals surface area contributed by atoms with Gasteiger partial charge in [-0.25, -0.2) is 0 Å². The number of carbonyl (C=O) groups excluding carboxylic acids is 1. The van der Waals surface area contributed by atoms with Crippen molar-refractivity contribution in [3.63, 3.8) is 0 Å². The lowest BCUT2D eigenvalue weighted by Gasteiger charge is -2.12. The molecule has 1 N–H and O–H groups in total. The molecule has 0 atom stereocenters. The lowest BCUT2D eigenvalue weighted by atomic mass is 10.1. The summed E-state index contributed by atoms with van der Waals surface area (Å²) in [5, 5.41) is 13.5. The molecule has 8 heteroatoms. The van der Waals surface area contributed by atoms with Crippen molar-refractivity contribution >= 4 is 44.8 Å². The highest BCUT2D eigenvalue weighted by Crippen LogP contribution is 2.31. The Morgan fingerprint density at radius 2 is 2.04 bits per heavy atom. The van der Waals surface area contributed by atoms with Crippen LogP contribution in [0.25, 0.3) is 0 Å². The van der Waals surface area contributed by atoms with E-state index in [0.29, 0.717) is 22.6 Å². The number of amides is 1. The number of rotatable bonds is 4. The molecule has 23 heavy (non-hydrogen) atoms. The van der Waals surface area contributed by atoms with Crippen LogP contribution in [-0.2, 0) is 0 Å². The highest BCUT2D eigenvalue weighted by Gasteiger charge is 2.18. The van der Waals surface area contributed by atoms with E-state index in [1.54, 1.807) is 25.1 Å². The van der Waals surface area contributed by atoms with E-state index in [9.17, 15) is 14.9 Å². The number of halogens is 2. The molecule has 0 spiro atoms. The van der Waals surface area contributed by atoms with Gasteiger partial charge < -0.3 is 10.1 Å². The number of ether oxygens (including phenoxy) is 1. The number of nitrogens with zero attached hydrogens (tertiary/aromatic N) is 1. The first kappa shape index (κ1) is 17.2. The molecule has 2 aromatic carbocycles. The van der Waals surface area contributed by atoms with Crippen molar-refractivity contribution in [2.24, 2.45) is 0 Å². The zero-order valence-corrected chi connectivity index (χ0v) is 14.6. The molecule has 0 radical (unpaired) electrons. The van der Waals surface area contributed by atoms with Crippen LogP contribution in [-0.4, -0.2) is 17.9 Å². The van der Waals surface area contributed by atoms with E-state index in [4.69, 9.17) is 16.3 Å². The Hall–Kier alpha value is -2.12. The van der Waals surface area contributed by atoms with Crippen LogP contribution in [0.1, 0.15) is 15.9 Å². The van der Waals surface area contributed by atoms with Gasteiger partial charge in [0.2, 0.25) is 0 Å². The van der Waals surface area contributed by atoms with Crippen LogP contribution in [0, 0.1) is 17.0 Å². The summed E-state index contributed by atoms with van der Waals surface area (Å²) >= 11 is 9.18. The van der Waals surface area contributed by atoms with Gasteiger partial charge in [0.15, 0.2) is 0 Å². The predicted molar refractivity (Wildman–Crippen MR) is 91.5 cm³/mol. The first-order valence-corrected chi connectivity index (χ1v) is 7.60. The van der Waals surface area contributed by atoms with E-state index in [1.807, 2.05) is 0 Å². The third kappa shape index (κ3) is 3.80. The SMILES string of the molecule is COc1ccc(Br)cc1C(=O)Nc1cc(Cl)c([N+](=O)[O-])cc1C. The normalized spacial score (nSPS) is 10.3. The third-order valence-electron chi connectivity index (χ3n) is 3.14. The standard InChI is InChI=1S/C15H12BrClN2O4/c1-8-5-13(19(21)22)11(17)7-12(8)18-15(20)10-6-9(16)3-4-14(10)23-2/h3-7H,1-2H3,(H,18,20). The molecule has 0 aromatic heterocycles. The number of benzene rings is 2. The van der Waals surface area contributed by atoms with Gasteiger partial charge in [-0.3, -0.25) is 14.9 Å². The molecule has 0 aliphatic heterocycles. The molecule has 0 heterocycles. The Morgan fingerprint density at radius 1 is 1.35 bits per heavy atom. The van der Waals surface area contributed by atoms with Crippen LogP contribution in [0.2, 0.25) is 5.02 Å². The summed E-state index contributed by atoms with van der Waals surface area (Å²) in [5.41, 5.74) is 1.05. The summed E-state index contributed by atoms with van der Waals surface area (Å²) in [6.07, 6.45) is 0. The zero-order valence-electron chi connectivity index (χ0n) is 12.2. The van der Waals surface area contributed by atoms with Crippen molar-refractivity contribution in [3.05, 3.63) is 61.1 Å². The number of hydrogen-bond acceptors (Lipinski definition) is 4. The predicted octanol–water partition coefficient (Wildman–Crippen LogP) is 4.58. The van der Waals surface area contributed by atoms with E-state index < -0.39 is 10.8 Å². The fourth-order valence-corrected chi connectivity index (χ4v) is 2.58. The zero-order chi connectivity index (χ0) is 17.1. The van der Waals surface area contributed by atoms with Gasteiger partial charge in [-0.15, -0.1) is 0 Å². The van der Waals surface area contributed by atoms with Crippen LogP contribution in [0.4, 0.5) is 11.4 Å². The molecule has 2 rings (SSSR count). The minimum absolute atomic E-state index is 0.0443. The number of nitro benzene ring substituents is 1. The quantitative estimate of drug-likeness (QED) is 0.602. The van der Waals surface area contributed by atoms with Gasteiger partial charge in [0.25, 0.3) is 11.6 Å². The van der Waals surface area contributed by atoms with Gasteiger partial charge in [-0.05, 0) is 36.8 Å². The smallest absolute Gasteiger partial charge is 0.288 e. The Labute approximate surface area is 145 Å². The number of nitro groups is 1. The van der Waals surface area contributed by atoms with Crippen molar-refractivity contribution in [1.29, 1.82) is 0 Å². The minimum Gasteiger partial charge on any atom is -0.496 e. The molecule has 0 unspecified atom stereocenters. The Balaban J connectivity index is 2.36. The lowest BCUT2D eigenvalue weighted by molar-refractivity contribution is -0.384. The highest BCUT2D eigenvalue weighted by molar-refractivity contribution is 9.10. The van der Waals surface area contributed by atoms with Gasteiger partial charge >= 0.3 is 0 Å². The largest absolute Gasteiger partial charge is 0.496 e. The highest BCUT2D eigenvalue weighted by atomic mass is 79.9. The number of nitrogens with one attached hydrogen (secondary N) is 1. The third-order valence-corrected chi connectivity index (χ3v) is 3.94. The topological polar surface area (TPSA) is 81.5 Å².